The molecule has 0 spiro atoms. The summed E-state index contributed by atoms with van der Waals surface area (Å²) >= 11 is 0. The van der Waals surface area contributed by atoms with E-state index in [0.29, 0.717) is 12.6 Å². The molecule has 4 heteroatoms. The van der Waals surface area contributed by atoms with Crippen LogP contribution in [0.4, 0.5) is 0 Å². The first kappa shape index (κ1) is 12.7. The van der Waals surface area contributed by atoms with Crippen molar-refractivity contribution >= 4 is 0 Å². The smallest absolute Gasteiger partial charge is 0.0866 e. The maximum absolute atomic E-state index is 8.57. The van der Waals surface area contributed by atoms with Crippen LogP contribution in [0.5, 0.6) is 0 Å². The van der Waals surface area contributed by atoms with Crippen LogP contribution in [0.2, 0.25) is 0 Å². The van der Waals surface area contributed by atoms with Gasteiger partial charge in [0.1, 0.15) is 0 Å². The van der Waals surface area contributed by atoms with Gasteiger partial charge in [0.15, 0.2) is 0 Å². The maximum atomic E-state index is 8.57. The van der Waals surface area contributed by atoms with E-state index in [4.69, 9.17) is 5.26 Å². The molecule has 0 atom stereocenters. The molecule has 0 amide bonds. The molecule has 0 radical (unpaired) electrons. The van der Waals surface area contributed by atoms with Gasteiger partial charge >= 0.3 is 0 Å². The molecule has 0 aromatic carbocycles. The molecule has 0 aliphatic heterocycles. The number of aromatic nitrogens is 2. The van der Waals surface area contributed by atoms with Gasteiger partial charge in [-0.15, -0.1) is 0 Å². The van der Waals surface area contributed by atoms with Crippen LogP contribution < -0.4 is 0 Å². The van der Waals surface area contributed by atoms with Gasteiger partial charge in [-0.25, -0.2) is 0 Å². The highest BCUT2D eigenvalue weighted by atomic mass is 15.3. The molecule has 1 aromatic rings. The molecule has 0 fully saturated rings. The van der Waals surface area contributed by atoms with Crippen LogP contribution in [0.3, 0.4) is 0 Å². The average molecular weight is 220 g/mol. The number of hydrogen-bond acceptors (Lipinski definition) is 3. The number of rotatable bonds is 6. The summed E-state index contributed by atoms with van der Waals surface area (Å²) < 4.78 is 2.04. The van der Waals surface area contributed by atoms with Crippen molar-refractivity contribution < 1.29 is 0 Å². The lowest BCUT2D eigenvalue weighted by Crippen LogP contribution is -2.18. The quantitative estimate of drug-likeness (QED) is 0.690. The first-order valence-corrected chi connectivity index (χ1v) is 5.80. The third kappa shape index (κ3) is 3.35. The molecule has 0 aliphatic rings. The molecule has 88 valence electrons. The van der Waals surface area contributed by atoms with Crippen molar-refractivity contribution in [3.63, 3.8) is 0 Å². The largest absolute Gasteiger partial charge is 0.288 e. The lowest BCUT2D eigenvalue weighted by Gasteiger charge is -2.13. The SMILES string of the molecule is CCC(CC)n1ccc(CN(C)CC#N)n1. The van der Waals surface area contributed by atoms with Crippen molar-refractivity contribution in [3.8, 4) is 6.07 Å². The molecule has 0 unspecified atom stereocenters. The van der Waals surface area contributed by atoms with Crippen molar-refractivity contribution in [2.75, 3.05) is 13.6 Å². The van der Waals surface area contributed by atoms with E-state index < -0.39 is 0 Å². The van der Waals surface area contributed by atoms with E-state index in [0.717, 1.165) is 25.1 Å². The molecule has 1 rings (SSSR count). The van der Waals surface area contributed by atoms with Crippen LogP contribution in [0, 0.1) is 11.3 Å². The molecular formula is C12H20N4. The Hall–Kier alpha value is -1.34. The number of nitriles is 1. The summed E-state index contributed by atoms with van der Waals surface area (Å²) in [5.74, 6) is 0. The van der Waals surface area contributed by atoms with Crippen LogP contribution in [-0.2, 0) is 6.54 Å². The fourth-order valence-electron chi connectivity index (χ4n) is 1.78. The lowest BCUT2D eigenvalue weighted by molar-refractivity contribution is 0.354. The summed E-state index contributed by atoms with van der Waals surface area (Å²) in [7, 11) is 1.93. The van der Waals surface area contributed by atoms with Gasteiger partial charge in [-0.2, -0.15) is 10.4 Å². The zero-order valence-corrected chi connectivity index (χ0v) is 10.3. The number of hydrogen-bond donors (Lipinski definition) is 0. The average Bonchev–Trinajstić information content (AvgIpc) is 2.68. The summed E-state index contributed by atoms with van der Waals surface area (Å²) in [5.41, 5.74) is 1.03. The van der Waals surface area contributed by atoms with Gasteiger partial charge in [0.2, 0.25) is 0 Å². The molecule has 1 heterocycles. The predicted octanol–water partition coefficient (Wildman–Crippen LogP) is 2.20. The fraction of sp³-hybridized carbons (Fsp3) is 0.667. The van der Waals surface area contributed by atoms with Crippen LogP contribution in [0.15, 0.2) is 12.3 Å². The highest BCUT2D eigenvalue weighted by Crippen LogP contribution is 2.14. The minimum Gasteiger partial charge on any atom is -0.288 e. The Kier molecular flexibility index (Phi) is 5.00. The number of nitrogens with zero attached hydrogens (tertiary/aromatic N) is 4. The molecule has 0 aliphatic carbocycles. The Morgan fingerprint density at radius 3 is 2.75 bits per heavy atom. The van der Waals surface area contributed by atoms with Gasteiger partial charge in [0, 0.05) is 12.7 Å². The van der Waals surface area contributed by atoms with Crippen molar-refractivity contribution in [3.05, 3.63) is 18.0 Å². The van der Waals surface area contributed by atoms with Crippen molar-refractivity contribution in [1.29, 1.82) is 5.26 Å². The topological polar surface area (TPSA) is 44.9 Å². The summed E-state index contributed by atoms with van der Waals surface area (Å²) in [5, 5.41) is 13.1. The van der Waals surface area contributed by atoms with Crippen LogP contribution in [-0.4, -0.2) is 28.3 Å². The lowest BCUT2D eigenvalue weighted by atomic mass is 10.2. The molecule has 0 N–H and O–H groups in total. The van der Waals surface area contributed by atoms with Gasteiger partial charge in [0.25, 0.3) is 0 Å². The minimum atomic E-state index is 0.442. The Labute approximate surface area is 97.5 Å². The highest BCUT2D eigenvalue weighted by Gasteiger charge is 2.08. The molecule has 0 saturated carbocycles. The summed E-state index contributed by atoms with van der Waals surface area (Å²) in [6.07, 6.45) is 4.24. The normalized spacial score (nSPS) is 11.0. The monoisotopic (exact) mass is 220 g/mol. The summed E-state index contributed by atoms with van der Waals surface area (Å²) in [6, 6.07) is 4.66. The molecule has 0 bridgehead atoms. The van der Waals surface area contributed by atoms with E-state index in [1.165, 1.54) is 0 Å². The minimum absolute atomic E-state index is 0.442. The standard InChI is InChI=1S/C12H20N4/c1-4-12(5-2)16-8-6-11(14-16)10-15(3)9-7-13/h6,8,12H,4-5,9-10H2,1-3H3. The first-order valence-electron chi connectivity index (χ1n) is 5.80. The summed E-state index contributed by atoms with van der Waals surface area (Å²) in [4.78, 5) is 1.96. The molecular weight excluding hydrogens is 200 g/mol. The third-order valence-corrected chi connectivity index (χ3v) is 2.75. The zero-order valence-electron chi connectivity index (χ0n) is 10.3. The van der Waals surface area contributed by atoms with Gasteiger partial charge in [0.05, 0.1) is 24.3 Å². The molecule has 0 saturated heterocycles. The van der Waals surface area contributed by atoms with E-state index in [1.807, 2.05) is 28.9 Å². The van der Waals surface area contributed by atoms with E-state index in [-0.39, 0.29) is 0 Å². The van der Waals surface area contributed by atoms with Crippen molar-refractivity contribution in [2.45, 2.75) is 39.3 Å². The molecule has 16 heavy (non-hydrogen) atoms. The zero-order chi connectivity index (χ0) is 12.0. The Morgan fingerprint density at radius 1 is 1.50 bits per heavy atom. The van der Waals surface area contributed by atoms with Crippen molar-refractivity contribution in [2.24, 2.45) is 0 Å². The van der Waals surface area contributed by atoms with Crippen molar-refractivity contribution in [1.82, 2.24) is 14.7 Å². The van der Waals surface area contributed by atoms with E-state index in [9.17, 15) is 0 Å². The fourth-order valence-corrected chi connectivity index (χ4v) is 1.78. The Balaban J connectivity index is 2.61. The van der Waals surface area contributed by atoms with E-state index >= 15 is 0 Å². The third-order valence-electron chi connectivity index (χ3n) is 2.75. The Morgan fingerprint density at radius 2 is 2.19 bits per heavy atom. The van der Waals surface area contributed by atoms with Gasteiger partial charge in [-0.05, 0) is 26.0 Å². The Bertz CT molecular complexity index is 346. The van der Waals surface area contributed by atoms with E-state index in [2.05, 4.69) is 25.0 Å². The van der Waals surface area contributed by atoms with Crippen LogP contribution >= 0.6 is 0 Å². The second kappa shape index (κ2) is 6.29. The maximum Gasteiger partial charge on any atom is 0.0866 e. The molecule has 1 aromatic heterocycles. The van der Waals surface area contributed by atoms with Gasteiger partial charge < -0.3 is 0 Å². The second-order valence-electron chi connectivity index (χ2n) is 4.09. The van der Waals surface area contributed by atoms with Gasteiger partial charge in [-0.3, -0.25) is 9.58 Å². The van der Waals surface area contributed by atoms with E-state index in [1.54, 1.807) is 0 Å². The second-order valence-corrected chi connectivity index (χ2v) is 4.09. The predicted molar refractivity (Wildman–Crippen MR) is 63.8 cm³/mol. The summed E-state index contributed by atoms with van der Waals surface area (Å²) in [6.45, 7) is 5.53. The first-order chi connectivity index (χ1) is 7.71. The van der Waals surface area contributed by atoms with Crippen LogP contribution in [0.1, 0.15) is 38.4 Å². The molecule has 4 nitrogen and oxygen atoms in total. The van der Waals surface area contributed by atoms with Crippen LogP contribution in [0.25, 0.3) is 0 Å². The van der Waals surface area contributed by atoms with Gasteiger partial charge in [-0.1, -0.05) is 13.8 Å². The highest BCUT2D eigenvalue weighted by molar-refractivity contribution is 5.00.